The third-order valence-electron chi connectivity index (χ3n) is 5.66. The molecule has 0 saturated carbocycles. The lowest BCUT2D eigenvalue weighted by atomic mass is 10.1. The fraction of sp³-hybridized carbons (Fsp3) is 0.458. The van der Waals surface area contributed by atoms with Crippen LogP contribution < -0.4 is 10.6 Å². The molecule has 1 fully saturated rings. The van der Waals surface area contributed by atoms with Crippen molar-refractivity contribution in [1.82, 2.24) is 15.5 Å². The maximum Gasteiger partial charge on any atom is 0.191 e. The maximum atomic E-state index is 11.8. The van der Waals surface area contributed by atoms with Crippen molar-refractivity contribution >= 4 is 39.8 Å². The molecule has 0 amide bonds. The number of likely N-dealkylation sites (tertiary alicyclic amines) is 1. The Morgan fingerprint density at radius 1 is 0.938 bits per heavy atom. The fourth-order valence-electron chi connectivity index (χ4n) is 3.97. The largest absolute Gasteiger partial charge is 0.352 e. The van der Waals surface area contributed by atoms with Crippen LogP contribution in [-0.4, -0.2) is 45.7 Å². The lowest BCUT2D eigenvalue weighted by molar-refractivity contribution is 0.221. The van der Waals surface area contributed by atoms with Gasteiger partial charge in [-0.15, -0.1) is 24.0 Å². The molecule has 176 valence electrons. The Balaban J connectivity index is 0.00000363. The van der Waals surface area contributed by atoms with Crippen LogP contribution in [0, 0.1) is 6.92 Å². The summed E-state index contributed by atoms with van der Waals surface area (Å²) in [6, 6.07) is 14.2. The smallest absolute Gasteiger partial charge is 0.191 e. The number of nitrogens with zero attached hydrogens (tertiary/aromatic N) is 2. The second-order valence-electron chi connectivity index (χ2n) is 8.30. The molecular formula is C24H35IN4O2S. The molecule has 1 heterocycles. The summed E-state index contributed by atoms with van der Waals surface area (Å²) in [5.41, 5.74) is 4.34. The number of piperidine rings is 1. The van der Waals surface area contributed by atoms with E-state index in [0.717, 1.165) is 17.7 Å². The summed E-state index contributed by atoms with van der Waals surface area (Å²) in [6.45, 7) is 6.54. The van der Waals surface area contributed by atoms with Crippen LogP contribution in [0.5, 0.6) is 0 Å². The summed E-state index contributed by atoms with van der Waals surface area (Å²) in [5, 5.41) is 6.63. The van der Waals surface area contributed by atoms with E-state index in [1.165, 1.54) is 49.7 Å². The summed E-state index contributed by atoms with van der Waals surface area (Å²) in [7, 11) is -1.45. The van der Waals surface area contributed by atoms with Crippen LogP contribution in [0.15, 0.2) is 52.4 Å². The first-order valence-electron chi connectivity index (χ1n) is 10.9. The molecule has 1 aliphatic heterocycles. The van der Waals surface area contributed by atoms with E-state index >= 15 is 0 Å². The maximum absolute atomic E-state index is 11.8. The van der Waals surface area contributed by atoms with Crippen molar-refractivity contribution in [3.05, 3.63) is 64.7 Å². The van der Waals surface area contributed by atoms with E-state index in [0.29, 0.717) is 23.9 Å². The highest BCUT2D eigenvalue weighted by atomic mass is 127. The minimum atomic E-state index is -3.20. The molecule has 0 unspecified atom stereocenters. The number of rotatable bonds is 7. The first kappa shape index (κ1) is 26.6. The molecule has 8 heteroatoms. The molecule has 1 aliphatic rings. The van der Waals surface area contributed by atoms with E-state index < -0.39 is 9.84 Å². The number of aryl methyl sites for hydroxylation is 1. The molecule has 0 radical (unpaired) electrons. The quantitative estimate of drug-likeness (QED) is 0.301. The molecule has 2 aromatic rings. The molecule has 0 bridgehead atoms. The van der Waals surface area contributed by atoms with Crippen LogP contribution in [0.3, 0.4) is 0 Å². The van der Waals surface area contributed by atoms with Gasteiger partial charge in [-0.05, 0) is 61.2 Å². The third kappa shape index (κ3) is 8.04. The number of guanidine groups is 1. The van der Waals surface area contributed by atoms with Gasteiger partial charge in [0.25, 0.3) is 0 Å². The summed E-state index contributed by atoms with van der Waals surface area (Å²) in [5.74, 6) is 0.710. The number of halogens is 1. The molecule has 2 aromatic carbocycles. The highest BCUT2D eigenvalue weighted by molar-refractivity contribution is 14.0. The van der Waals surface area contributed by atoms with Gasteiger partial charge in [0.1, 0.15) is 0 Å². The van der Waals surface area contributed by atoms with Gasteiger partial charge in [-0.25, -0.2) is 8.42 Å². The molecule has 0 aromatic heterocycles. The molecule has 6 nitrogen and oxygen atoms in total. The van der Waals surface area contributed by atoms with Crippen molar-refractivity contribution in [2.45, 2.75) is 50.7 Å². The van der Waals surface area contributed by atoms with E-state index in [2.05, 4.69) is 44.8 Å². The number of aliphatic imine (C=N–C) groups is 1. The van der Waals surface area contributed by atoms with Gasteiger partial charge >= 0.3 is 0 Å². The van der Waals surface area contributed by atoms with Crippen LogP contribution in [-0.2, 0) is 29.5 Å². The van der Waals surface area contributed by atoms with Crippen LogP contribution in [0.25, 0.3) is 0 Å². The predicted octanol–water partition coefficient (Wildman–Crippen LogP) is 3.87. The van der Waals surface area contributed by atoms with E-state index in [1.54, 1.807) is 13.1 Å². The summed E-state index contributed by atoms with van der Waals surface area (Å²) >= 11 is 0. The molecule has 0 aliphatic carbocycles. The second-order valence-corrected chi connectivity index (χ2v) is 10.3. The Bertz CT molecular complexity index is 1000. The zero-order valence-corrected chi connectivity index (χ0v) is 22.4. The van der Waals surface area contributed by atoms with Crippen molar-refractivity contribution in [2.24, 2.45) is 4.99 Å². The number of hydrogen-bond acceptors (Lipinski definition) is 4. The van der Waals surface area contributed by atoms with Crippen molar-refractivity contribution in [1.29, 1.82) is 0 Å². The Hall–Kier alpha value is -1.65. The van der Waals surface area contributed by atoms with E-state index in [9.17, 15) is 8.42 Å². The fourth-order valence-corrected chi connectivity index (χ4v) is 4.93. The second kappa shape index (κ2) is 12.6. The predicted molar refractivity (Wildman–Crippen MR) is 142 cm³/mol. The molecule has 32 heavy (non-hydrogen) atoms. The van der Waals surface area contributed by atoms with E-state index in [-0.39, 0.29) is 24.0 Å². The summed E-state index contributed by atoms with van der Waals surface area (Å²) in [4.78, 5) is 7.20. The van der Waals surface area contributed by atoms with Gasteiger partial charge in [0.15, 0.2) is 15.8 Å². The monoisotopic (exact) mass is 570 g/mol. The Kier molecular flexibility index (Phi) is 10.4. The van der Waals surface area contributed by atoms with Crippen molar-refractivity contribution in [3.63, 3.8) is 0 Å². The van der Waals surface area contributed by atoms with Crippen molar-refractivity contribution in [3.8, 4) is 0 Å². The first-order chi connectivity index (χ1) is 14.8. The highest BCUT2D eigenvalue weighted by Gasteiger charge is 2.12. The van der Waals surface area contributed by atoms with Crippen LogP contribution in [0.2, 0.25) is 0 Å². The molecule has 0 spiro atoms. The Morgan fingerprint density at radius 2 is 1.50 bits per heavy atom. The van der Waals surface area contributed by atoms with Gasteiger partial charge in [-0.2, -0.15) is 0 Å². The summed E-state index contributed by atoms with van der Waals surface area (Å²) in [6.07, 6.45) is 5.23. The lowest BCUT2D eigenvalue weighted by Crippen LogP contribution is -2.36. The van der Waals surface area contributed by atoms with Gasteiger partial charge in [-0.3, -0.25) is 9.89 Å². The summed E-state index contributed by atoms with van der Waals surface area (Å²) < 4.78 is 23.5. The highest BCUT2D eigenvalue weighted by Crippen LogP contribution is 2.17. The number of nitrogens with one attached hydrogen (secondary N) is 2. The third-order valence-corrected chi connectivity index (χ3v) is 6.92. The SMILES string of the molecule is CN=C(NCc1ccc(CN2CCCCC2)cc1)NCc1ccc(S(C)(=O)=O)c(C)c1.I. The van der Waals surface area contributed by atoms with E-state index in [4.69, 9.17) is 0 Å². The molecule has 2 N–H and O–H groups in total. The van der Waals surface area contributed by atoms with E-state index in [1.807, 2.05) is 19.1 Å². The van der Waals surface area contributed by atoms with Gasteiger partial charge in [0.05, 0.1) is 4.90 Å². The molecule has 0 atom stereocenters. The zero-order valence-electron chi connectivity index (χ0n) is 19.2. The molecule has 1 saturated heterocycles. The van der Waals surface area contributed by atoms with Crippen molar-refractivity contribution < 1.29 is 8.42 Å². The molecular weight excluding hydrogens is 535 g/mol. The zero-order chi connectivity index (χ0) is 22.3. The number of hydrogen-bond donors (Lipinski definition) is 2. The van der Waals surface area contributed by atoms with Gasteiger partial charge in [0, 0.05) is 32.9 Å². The molecule has 3 rings (SSSR count). The average molecular weight is 571 g/mol. The minimum absolute atomic E-state index is 0. The number of sulfone groups is 1. The van der Waals surface area contributed by atoms with Gasteiger partial charge in [0.2, 0.25) is 0 Å². The number of benzene rings is 2. The normalized spacial score (nSPS) is 15.2. The van der Waals surface area contributed by atoms with Crippen LogP contribution in [0.4, 0.5) is 0 Å². The van der Waals surface area contributed by atoms with Gasteiger partial charge < -0.3 is 10.6 Å². The Labute approximate surface area is 209 Å². The van der Waals surface area contributed by atoms with Crippen LogP contribution in [0.1, 0.15) is 41.5 Å². The minimum Gasteiger partial charge on any atom is -0.352 e. The lowest BCUT2D eigenvalue weighted by Gasteiger charge is -2.26. The topological polar surface area (TPSA) is 73.8 Å². The Morgan fingerprint density at radius 3 is 2.06 bits per heavy atom. The standard InChI is InChI=1S/C24H34N4O2S.HI/c1-19-15-22(11-12-23(19)31(3,29)30)17-27-24(25-2)26-16-20-7-9-21(10-8-20)18-28-13-5-4-6-14-28;/h7-12,15H,4-6,13-14,16-18H2,1-3H3,(H2,25,26,27);1H. The van der Waals surface area contributed by atoms with Gasteiger partial charge in [-0.1, -0.05) is 42.8 Å². The van der Waals surface area contributed by atoms with Crippen molar-refractivity contribution in [2.75, 3.05) is 26.4 Å². The first-order valence-corrected chi connectivity index (χ1v) is 12.8. The average Bonchev–Trinajstić information content (AvgIpc) is 2.75. The van der Waals surface area contributed by atoms with Crippen LogP contribution >= 0.6 is 24.0 Å².